The van der Waals surface area contributed by atoms with E-state index in [1.165, 1.54) is 0 Å². The summed E-state index contributed by atoms with van der Waals surface area (Å²) < 4.78 is 51.2. The first kappa shape index (κ1) is 13.0. The van der Waals surface area contributed by atoms with Gasteiger partial charge >= 0.3 is 6.18 Å². The highest BCUT2D eigenvalue weighted by Crippen LogP contribution is 2.36. The Morgan fingerprint density at radius 3 is 2.44 bits per heavy atom. The maximum atomic E-state index is 13.4. The van der Waals surface area contributed by atoms with Crippen molar-refractivity contribution in [2.75, 3.05) is 0 Å². The lowest BCUT2D eigenvalue weighted by atomic mass is 9.97. The van der Waals surface area contributed by atoms with Crippen molar-refractivity contribution in [3.63, 3.8) is 0 Å². The summed E-state index contributed by atoms with van der Waals surface area (Å²) in [6.45, 7) is 1.79. The third-order valence-corrected chi connectivity index (χ3v) is 2.33. The Kier molecular flexibility index (Phi) is 3.91. The Hall–Kier alpha value is -1.10. The Morgan fingerprint density at radius 1 is 1.31 bits per heavy atom. The molecule has 0 spiro atoms. The van der Waals surface area contributed by atoms with Gasteiger partial charge in [-0.05, 0) is 18.6 Å². The summed E-state index contributed by atoms with van der Waals surface area (Å²) in [5, 5.41) is 0. The van der Waals surface area contributed by atoms with Crippen LogP contribution >= 0.6 is 0 Å². The van der Waals surface area contributed by atoms with E-state index < -0.39 is 29.2 Å². The van der Waals surface area contributed by atoms with Gasteiger partial charge in [-0.2, -0.15) is 13.2 Å². The van der Waals surface area contributed by atoms with Crippen LogP contribution in [0.3, 0.4) is 0 Å². The van der Waals surface area contributed by atoms with Crippen LogP contribution in [0.5, 0.6) is 0 Å². The van der Waals surface area contributed by atoms with Gasteiger partial charge in [0.05, 0.1) is 5.56 Å². The third kappa shape index (κ3) is 2.72. The molecule has 0 heterocycles. The number of rotatable bonds is 3. The first-order chi connectivity index (χ1) is 7.38. The van der Waals surface area contributed by atoms with E-state index in [0.29, 0.717) is 12.8 Å². The zero-order valence-electron chi connectivity index (χ0n) is 8.81. The molecule has 5 heteroatoms. The van der Waals surface area contributed by atoms with E-state index in [-0.39, 0.29) is 0 Å². The molecular formula is C11H13F4N. The van der Waals surface area contributed by atoms with Gasteiger partial charge in [-0.25, -0.2) is 4.39 Å². The van der Waals surface area contributed by atoms with Crippen molar-refractivity contribution in [1.29, 1.82) is 0 Å². The number of nitrogens with two attached hydrogens (primary N) is 1. The zero-order chi connectivity index (χ0) is 12.3. The van der Waals surface area contributed by atoms with E-state index >= 15 is 0 Å². The molecule has 1 aromatic rings. The lowest BCUT2D eigenvalue weighted by Gasteiger charge is -2.18. The van der Waals surface area contributed by atoms with Gasteiger partial charge in [-0.1, -0.05) is 19.4 Å². The molecule has 0 bridgehead atoms. The standard InChI is InChI=1S/C11H13F4N/c1-2-4-9(16)10-7(11(13,14)15)5-3-6-8(10)12/h3,5-6,9H,2,4,16H2,1H3/t9-/m0/s1. The topological polar surface area (TPSA) is 26.0 Å². The molecule has 0 aliphatic carbocycles. The van der Waals surface area contributed by atoms with E-state index in [1.54, 1.807) is 6.92 Å². The molecule has 1 atom stereocenters. The normalized spacial score (nSPS) is 13.9. The van der Waals surface area contributed by atoms with Crippen molar-refractivity contribution < 1.29 is 17.6 Å². The fraction of sp³-hybridized carbons (Fsp3) is 0.455. The molecule has 0 aliphatic heterocycles. The summed E-state index contributed by atoms with van der Waals surface area (Å²) in [6.07, 6.45) is -3.64. The highest BCUT2D eigenvalue weighted by molar-refractivity contribution is 5.33. The number of hydrogen-bond acceptors (Lipinski definition) is 1. The molecule has 1 aromatic carbocycles. The molecule has 1 nitrogen and oxygen atoms in total. The molecule has 1 rings (SSSR count). The SMILES string of the molecule is CCC[C@H](N)c1c(F)cccc1C(F)(F)F. The molecule has 0 aliphatic rings. The van der Waals surface area contributed by atoms with Crippen molar-refractivity contribution in [3.05, 3.63) is 35.1 Å². The molecule has 0 radical (unpaired) electrons. The van der Waals surface area contributed by atoms with Crippen LogP contribution in [0.25, 0.3) is 0 Å². The number of halogens is 4. The summed E-state index contributed by atoms with van der Waals surface area (Å²) in [6, 6.07) is 1.98. The van der Waals surface area contributed by atoms with Crippen LogP contribution in [0.2, 0.25) is 0 Å². The van der Waals surface area contributed by atoms with Crippen LogP contribution in [-0.2, 0) is 6.18 Å². The van der Waals surface area contributed by atoms with E-state index in [0.717, 1.165) is 18.2 Å². The summed E-state index contributed by atoms with van der Waals surface area (Å²) in [5.41, 5.74) is 4.15. The van der Waals surface area contributed by atoms with E-state index in [1.807, 2.05) is 0 Å². The van der Waals surface area contributed by atoms with Crippen molar-refractivity contribution >= 4 is 0 Å². The minimum absolute atomic E-state index is 0.323. The number of hydrogen-bond donors (Lipinski definition) is 1. The van der Waals surface area contributed by atoms with Crippen molar-refractivity contribution in [3.8, 4) is 0 Å². The minimum Gasteiger partial charge on any atom is -0.324 e. The average Bonchev–Trinajstić information content (AvgIpc) is 2.16. The van der Waals surface area contributed by atoms with Crippen LogP contribution in [0.15, 0.2) is 18.2 Å². The Balaban J connectivity index is 3.24. The van der Waals surface area contributed by atoms with Gasteiger partial charge in [0, 0.05) is 11.6 Å². The van der Waals surface area contributed by atoms with Crippen LogP contribution in [-0.4, -0.2) is 0 Å². The molecule has 0 saturated heterocycles. The van der Waals surface area contributed by atoms with Crippen LogP contribution in [0.1, 0.15) is 36.9 Å². The molecule has 0 unspecified atom stereocenters. The summed E-state index contributed by atoms with van der Waals surface area (Å²) in [4.78, 5) is 0. The Bertz CT molecular complexity index is 359. The summed E-state index contributed by atoms with van der Waals surface area (Å²) >= 11 is 0. The molecule has 0 fully saturated rings. The Labute approximate surface area is 91.3 Å². The lowest BCUT2D eigenvalue weighted by Crippen LogP contribution is -2.19. The molecule has 0 aromatic heterocycles. The summed E-state index contributed by atoms with van der Waals surface area (Å²) in [5.74, 6) is -0.893. The summed E-state index contributed by atoms with van der Waals surface area (Å²) in [7, 11) is 0. The lowest BCUT2D eigenvalue weighted by molar-refractivity contribution is -0.138. The smallest absolute Gasteiger partial charge is 0.324 e. The third-order valence-electron chi connectivity index (χ3n) is 2.33. The first-order valence-corrected chi connectivity index (χ1v) is 4.99. The molecular weight excluding hydrogens is 222 g/mol. The maximum absolute atomic E-state index is 13.4. The predicted octanol–water partition coefficient (Wildman–Crippen LogP) is 3.64. The molecule has 2 N–H and O–H groups in total. The molecule has 90 valence electrons. The van der Waals surface area contributed by atoms with Gasteiger partial charge < -0.3 is 5.73 Å². The number of alkyl halides is 3. The maximum Gasteiger partial charge on any atom is 0.416 e. The van der Waals surface area contributed by atoms with Crippen LogP contribution in [0, 0.1) is 5.82 Å². The van der Waals surface area contributed by atoms with Crippen LogP contribution < -0.4 is 5.73 Å². The highest BCUT2D eigenvalue weighted by atomic mass is 19.4. The van der Waals surface area contributed by atoms with Gasteiger partial charge in [0.15, 0.2) is 0 Å². The molecule has 0 saturated carbocycles. The predicted molar refractivity (Wildman–Crippen MR) is 53.2 cm³/mol. The average molecular weight is 235 g/mol. The quantitative estimate of drug-likeness (QED) is 0.795. The van der Waals surface area contributed by atoms with Crippen molar-refractivity contribution in [2.24, 2.45) is 5.73 Å². The minimum atomic E-state index is -4.57. The second kappa shape index (κ2) is 4.82. The largest absolute Gasteiger partial charge is 0.416 e. The second-order valence-corrected chi connectivity index (χ2v) is 3.59. The Morgan fingerprint density at radius 2 is 1.94 bits per heavy atom. The second-order valence-electron chi connectivity index (χ2n) is 3.59. The fourth-order valence-corrected chi connectivity index (χ4v) is 1.62. The number of benzene rings is 1. The first-order valence-electron chi connectivity index (χ1n) is 4.99. The van der Waals surface area contributed by atoms with E-state index in [4.69, 9.17) is 5.73 Å². The monoisotopic (exact) mass is 235 g/mol. The van der Waals surface area contributed by atoms with E-state index in [9.17, 15) is 17.6 Å². The van der Waals surface area contributed by atoms with Gasteiger partial charge in [-0.3, -0.25) is 0 Å². The van der Waals surface area contributed by atoms with Crippen molar-refractivity contribution in [2.45, 2.75) is 32.0 Å². The highest BCUT2D eigenvalue weighted by Gasteiger charge is 2.35. The van der Waals surface area contributed by atoms with Gasteiger partial charge in [0.1, 0.15) is 5.82 Å². The fourth-order valence-electron chi connectivity index (χ4n) is 1.62. The molecule has 0 amide bonds. The molecule has 16 heavy (non-hydrogen) atoms. The van der Waals surface area contributed by atoms with Crippen LogP contribution in [0.4, 0.5) is 17.6 Å². The van der Waals surface area contributed by atoms with Crippen molar-refractivity contribution in [1.82, 2.24) is 0 Å². The van der Waals surface area contributed by atoms with Gasteiger partial charge in [0.2, 0.25) is 0 Å². The zero-order valence-corrected chi connectivity index (χ0v) is 8.81. The van der Waals surface area contributed by atoms with Gasteiger partial charge in [0.25, 0.3) is 0 Å². The van der Waals surface area contributed by atoms with Gasteiger partial charge in [-0.15, -0.1) is 0 Å². The van der Waals surface area contributed by atoms with E-state index in [2.05, 4.69) is 0 Å².